The van der Waals surface area contributed by atoms with Crippen molar-refractivity contribution in [3.8, 4) is 5.82 Å². The Morgan fingerprint density at radius 3 is 2.56 bits per heavy atom. The fraction of sp³-hybridized carbons (Fsp3) is 0.125. The van der Waals surface area contributed by atoms with Crippen LogP contribution < -0.4 is 10.9 Å². The number of carbonyl (C=O) groups excluding carboxylic acids is 2. The largest absolute Gasteiger partial charge is 0.357 e. The maximum absolute atomic E-state index is 12.3. The van der Waals surface area contributed by atoms with Crippen LogP contribution in [0.15, 0.2) is 36.5 Å². The minimum Gasteiger partial charge on any atom is -0.357 e. The molecule has 0 saturated carbocycles. The molecule has 3 rings (SSSR count). The quantitative estimate of drug-likeness (QED) is 0.622. The summed E-state index contributed by atoms with van der Waals surface area (Å²) >= 11 is 6.07. The number of hydrazine groups is 1. The molecule has 0 spiro atoms. The smallest absolute Gasteiger partial charge is 0.289 e. The van der Waals surface area contributed by atoms with Gasteiger partial charge in [0.05, 0.1) is 10.7 Å². The molecular formula is C16H15ClN6O2. The fourth-order valence-corrected chi connectivity index (χ4v) is 2.47. The van der Waals surface area contributed by atoms with Gasteiger partial charge in [-0.25, -0.2) is 9.67 Å². The summed E-state index contributed by atoms with van der Waals surface area (Å²) in [5, 5.41) is 4.49. The summed E-state index contributed by atoms with van der Waals surface area (Å²) in [5.74, 6) is -0.659. The summed E-state index contributed by atoms with van der Waals surface area (Å²) in [7, 11) is 0. The molecule has 0 fully saturated rings. The van der Waals surface area contributed by atoms with Gasteiger partial charge >= 0.3 is 0 Å². The number of aryl methyl sites for hydroxylation is 2. The van der Waals surface area contributed by atoms with Gasteiger partial charge in [-0.15, -0.1) is 0 Å². The number of carbonyl (C=O) groups is 2. The second-order valence-corrected chi connectivity index (χ2v) is 5.74. The van der Waals surface area contributed by atoms with Gasteiger partial charge in [0.25, 0.3) is 11.8 Å². The first-order chi connectivity index (χ1) is 12.0. The molecule has 2 amide bonds. The molecule has 3 aromatic heterocycles. The molecule has 8 nitrogen and oxygen atoms in total. The Bertz CT molecular complexity index is 932. The van der Waals surface area contributed by atoms with Crippen LogP contribution >= 0.6 is 11.6 Å². The Labute approximate surface area is 148 Å². The molecule has 128 valence electrons. The lowest BCUT2D eigenvalue weighted by molar-refractivity contribution is 0.0841. The molecule has 0 aliphatic heterocycles. The average Bonchev–Trinajstić information content (AvgIpc) is 3.22. The minimum atomic E-state index is -0.631. The van der Waals surface area contributed by atoms with E-state index in [1.807, 2.05) is 19.9 Å². The molecule has 0 saturated heterocycles. The van der Waals surface area contributed by atoms with Crippen molar-refractivity contribution in [2.75, 3.05) is 0 Å². The zero-order chi connectivity index (χ0) is 18.0. The second-order valence-electron chi connectivity index (χ2n) is 5.33. The molecule has 0 unspecified atom stereocenters. The van der Waals surface area contributed by atoms with Gasteiger partial charge in [0.15, 0.2) is 11.5 Å². The van der Waals surface area contributed by atoms with Gasteiger partial charge in [-0.1, -0.05) is 11.6 Å². The lowest BCUT2D eigenvalue weighted by atomic mass is 10.3. The molecular weight excluding hydrogens is 344 g/mol. The van der Waals surface area contributed by atoms with Gasteiger partial charge in [-0.3, -0.25) is 20.4 Å². The number of aromatic nitrogens is 4. The first-order valence-corrected chi connectivity index (χ1v) is 7.78. The highest BCUT2D eigenvalue weighted by Crippen LogP contribution is 2.17. The number of nitrogens with one attached hydrogen (secondary N) is 3. The number of hydrogen-bond donors (Lipinski definition) is 3. The number of aromatic amines is 1. The molecule has 3 heterocycles. The van der Waals surface area contributed by atoms with Crippen LogP contribution in [-0.4, -0.2) is 31.6 Å². The lowest BCUT2D eigenvalue weighted by Crippen LogP contribution is -2.42. The monoisotopic (exact) mass is 358 g/mol. The molecule has 9 heteroatoms. The summed E-state index contributed by atoms with van der Waals surface area (Å²) in [6.07, 6.45) is 1.60. The van der Waals surface area contributed by atoms with Crippen LogP contribution in [0.25, 0.3) is 5.82 Å². The number of halogens is 1. The average molecular weight is 359 g/mol. The first kappa shape index (κ1) is 16.7. The first-order valence-electron chi connectivity index (χ1n) is 7.40. The molecule has 25 heavy (non-hydrogen) atoms. The van der Waals surface area contributed by atoms with Crippen molar-refractivity contribution in [2.24, 2.45) is 0 Å². The van der Waals surface area contributed by atoms with Crippen molar-refractivity contribution >= 4 is 23.4 Å². The molecule has 0 aromatic carbocycles. The maximum Gasteiger partial charge on any atom is 0.289 e. The van der Waals surface area contributed by atoms with E-state index in [-0.39, 0.29) is 10.7 Å². The van der Waals surface area contributed by atoms with Crippen molar-refractivity contribution in [2.45, 2.75) is 13.8 Å². The van der Waals surface area contributed by atoms with E-state index >= 15 is 0 Å². The third-order valence-electron chi connectivity index (χ3n) is 3.41. The summed E-state index contributed by atoms with van der Waals surface area (Å²) < 4.78 is 1.61. The Hall–Kier alpha value is -3.13. The van der Waals surface area contributed by atoms with E-state index < -0.39 is 11.8 Å². The molecule has 0 radical (unpaired) electrons. The molecule has 0 aliphatic carbocycles. The van der Waals surface area contributed by atoms with Gasteiger partial charge in [0.2, 0.25) is 0 Å². The minimum absolute atomic E-state index is 0.0153. The highest BCUT2D eigenvalue weighted by molar-refractivity contribution is 6.33. The van der Waals surface area contributed by atoms with Crippen molar-refractivity contribution in [1.82, 2.24) is 30.6 Å². The van der Waals surface area contributed by atoms with Crippen LogP contribution in [0.2, 0.25) is 5.02 Å². The van der Waals surface area contributed by atoms with E-state index in [0.717, 1.165) is 11.4 Å². The predicted molar refractivity (Wildman–Crippen MR) is 91.6 cm³/mol. The fourth-order valence-electron chi connectivity index (χ4n) is 2.28. The number of nitrogens with zero attached hydrogens (tertiary/aromatic N) is 3. The van der Waals surface area contributed by atoms with Crippen LogP contribution in [0.5, 0.6) is 0 Å². The van der Waals surface area contributed by atoms with Gasteiger partial charge in [-0.2, -0.15) is 5.10 Å². The van der Waals surface area contributed by atoms with Crippen LogP contribution in [-0.2, 0) is 0 Å². The van der Waals surface area contributed by atoms with Crippen LogP contribution in [0, 0.1) is 13.8 Å². The molecule has 3 N–H and O–H groups in total. The van der Waals surface area contributed by atoms with Crippen molar-refractivity contribution in [3.63, 3.8) is 0 Å². The number of amides is 2. The highest BCUT2D eigenvalue weighted by atomic mass is 35.5. The van der Waals surface area contributed by atoms with Crippen molar-refractivity contribution in [1.29, 1.82) is 0 Å². The number of hydrogen-bond acceptors (Lipinski definition) is 4. The van der Waals surface area contributed by atoms with Crippen LogP contribution in [0.4, 0.5) is 0 Å². The normalized spacial score (nSPS) is 10.5. The van der Waals surface area contributed by atoms with E-state index in [0.29, 0.717) is 11.5 Å². The van der Waals surface area contributed by atoms with E-state index in [1.54, 1.807) is 35.1 Å². The van der Waals surface area contributed by atoms with Gasteiger partial charge in [0.1, 0.15) is 5.69 Å². The van der Waals surface area contributed by atoms with E-state index in [2.05, 4.69) is 25.9 Å². The third kappa shape index (κ3) is 3.53. The Morgan fingerprint density at radius 2 is 1.92 bits per heavy atom. The summed E-state index contributed by atoms with van der Waals surface area (Å²) in [4.78, 5) is 31.1. The van der Waals surface area contributed by atoms with Crippen molar-refractivity contribution in [3.05, 3.63) is 64.3 Å². The zero-order valence-electron chi connectivity index (χ0n) is 13.5. The van der Waals surface area contributed by atoms with Gasteiger partial charge in [0, 0.05) is 11.9 Å². The van der Waals surface area contributed by atoms with Crippen molar-refractivity contribution < 1.29 is 9.59 Å². The second kappa shape index (κ2) is 6.78. The topological polar surface area (TPSA) is 105 Å². The molecule has 0 bridgehead atoms. The molecule has 0 aliphatic rings. The van der Waals surface area contributed by atoms with E-state index in [9.17, 15) is 9.59 Å². The van der Waals surface area contributed by atoms with E-state index in [4.69, 9.17) is 11.6 Å². The number of pyridine rings is 1. The molecule has 0 atom stereocenters. The van der Waals surface area contributed by atoms with Crippen LogP contribution in [0.1, 0.15) is 32.4 Å². The summed E-state index contributed by atoms with van der Waals surface area (Å²) in [5.41, 5.74) is 6.59. The third-order valence-corrected chi connectivity index (χ3v) is 3.71. The van der Waals surface area contributed by atoms with E-state index in [1.165, 1.54) is 0 Å². The SMILES string of the molecule is Cc1cc(C)n(-c2ccc(Cl)c(C(=O)NNC(=O)c3ccc[nH]3)n2)n1. The molecule has 3 aromatic rings. The standard InChI is InChI=1S/C16H15ClN6O2/c1-9-8-10(2)23(22-9)13-6-5-11(17)14(19-13)16(25)21-20-15(24)12-4-3-7-18-12/h3-8,18H,1-2H3,(H,20,24)(H,21,25). The predicted octanol–water partition coefficient (Wildman–Crippen LogP) is 1.94. The lowest BCUT2D eigenvalue weighted by Gasteiger charge is -2.09. The highest BCUT2D eigenvalue weighted by Gasteiger charge is 2.16. The maximum atomic E-state index is 12.3. The number of rotatable bonds is 3. The van der Waals surface area contributed by atoms with Gasteiger partial charge < -0.3 is 4.98 Å². The Balaban J connectivity index is 1.79. The summed E-state index contributed by atoms with van der Waals surface area (Å²) in [6.45, 7) is 3.75. The Morgan fingerprint density at radius 1 is 1.16 bits per heavy atom. The Kier molecular flexibility index (Phi) is 4.53. The zero-order valence-corrected chi connectivity index (χ0v) is 14.3. The van der Waals surface area contributed by atoms with Gasteiger partial charge in [-0.05, 0) is 44.2 Å². The number of H-pyrrole nitrogens is 1. The van der Waals surface area contributed by atoms with Crippen LogP contribution in [0.3, 0.4) is 0 Å². The summed E-state index contributed by atoms with van der Waals surface area (Å²) in [6, 6.07) is 8.37.